The van der Waals surface area contributed by atoms with Gasteiger partial charge in [-0.2, -0.15) is 0 Å². The molecule has 10 heteroatoms. The molecule has 0 saturated heterocycles. The molecule has 0 aliphatic carbocycles. The number of thioether (sulfide) groups is 1. The highest BCUT2D eigenvalue weighted by Crippen LogP contribution is 2.23. The van der Waals surface area contributed by atoms with Crippen molar-refractivity contribution in [1.29, 1.82) is 0 Å². The van der Waals surface area contributed by atoms with Gasteiger partial charge in [0, 0.05) is 0 Å². The number of carboxylic acid groups (broad SMARTS) is 1. The molecular formula is C15H14FN4O4S-. The summed E-state index contributed by atoms with van der Waals surface area (Å²) in [5, 5.41) is 12.2. The number of nitrogen functional groups attached to an aromatic ring is 1. The SMILES string of the molecule is CC[C@@H](Sc1nc(N)c(NC(=O)c2ccccc2F)c(=O)[nH]1)C(=O)[O-]. The number of aromatic nitrogens is 2. The Balaban J connectivity index is 2.26. The van der Waals surface area contributed by atoms with Crippen molar-refractivity contribution in [2.45, 2.75) is 23.8 Å². The second kappa shape index (κ2) is 7.79. The zero-order valence-electron chi connectivity index (χ0n) is 13.0. The molecule has 0 aliphatic rings. The molecule has 0 radical (unpaired) electrons. The molecule has 2 aromatic rings. The third-order valence-electron chi connectivity index (χ3n) is 3.17. The molecular weight excluding hydrogens is 351 g/mol. The number of hydrogen-bond acceptors (Lipinski definition) is 7. The Hall–Kier alpha value is -2.88. The number of nitrogens with one attached hydrogen (secondary N) is 2. The van der Waals surface area contributed by atoms with Crippen molar-refractivity contribution >= 4 is 35.1 Å². The van der Waals surface area contributed by atoms with Crippen LogP contribution in [0.1, 0.15) is 23.7 Å². The van der Waals surface area contributed by atoms with Crippen LogP contribution in [0.5, 0.6) is 0 Å². The topological polar surface area (TPSA) is 141 Å². The molecule has 2 rings (SSSR count). The van der Waals surface area contributed by atoms with Gasteiger partial charge in [-0.15, -0.1) is 0 Å². The first-order chi connectivity index (χ1) is 11.8. The second-order valence-corrected chi connectivity index (χ2v) is 6.09. The zero-order valence-corrected chi connectivity index (χ0v) is 13.9. The van der Waals surface area contributed by atoms with E-state index in [1.54, 1.807) is 6.92 Å². The lowest BCUT2D eigenvalue weighted by molar-refractivity contribution is -0.304. The molecule has 0 aliphatic heterocycles. The van der Waals surface area contributed by atoms with Gasteiger partial charge in [-0.25, -0.2) is 9.37 Å². The zero-order chi connectivity index (χ0) is 18.6. The minimum absolute atomic E-state index is 0.0255. The summed E-state index contributed by atoms with van der Waals surface area (Å²) in [6, 6.07) is 5.24. The molecule has 1 amide bonds. The normalized spacial score (nSPS) is 11.8. The Morgan fingerprint density at radius 2 is 2.12 bits per heavy atom. The van der Waals surface area contributed by atoms with Crippen molar-refractivity contribution in [1.82, 2.24) is 9.97 Å². The predicted octanol–water partition coefficient (Wildman–Crippen LogP) is 0.364. The maximum atomic E-state index is 13.6. The smallest absolute Gasteiger partial charge is 0.277 e. The summed E-state index contributed by atoms with van der Waals surface area (Å²) in [6.07, 6.45) is 0.252. The Labute approximate surface area is 145 Å². The van der Waals surface area contributed by atoms with Crippen LogP contribution in [0.2, 0.25) is 0 Å². The molecule has 1 heterocycles. The maximum absolute atomic E-state index is 13.6. The molecule has 1 aromatic heterocycles. The van der Waals surface area contributed by atoms with Crippen molar-refractivity contribution in [3.05, 3.63) is 46.0 Å². The molecule has 4 N–H and O–H groups in total. The summed E-state index contributed by atoms with van der Waals surface area (Å²) in [5.74, 6) is -3.23. The molecule has 1 aromatic carbocycles. The van der Waals surface area contributed by atoms with Crippen LogP contribution < -0.4 is 21.7 Å². The molecule has 0 bridgehead atoms. The highest BCUT2D eigenvalue weighted by molar-refractivity contribution is 8.00. The van der Waals surface area contributed by atoms with Crippen LogP contribution in [0.3, 0.4) is 0 Å². The number of hydrogen-bond donors (Lipinski definition) is 3. The first-order valence-electron chi connectivity index (χ1n) is 7.16. The van der Waals surface area contributed by atoms with E-state index in [1.807, 2.05) is 0 Å². The quantitative estimate of drug-likeness (QED) is 0.496. The number of rotatable bonds is 6. The van der Waals surface area contributed by atoms with Crippen LogP contribution in [0.25, 0.3) is 0 Å². The van der Waals surface area contributed by atoms with Gasteiger partial charge < -0.3 is 21.0 Å². The van der Waals surface area contributed by atoms with Gasteiger partial charge in [0.05, 0.1) is 16.8 Å². The third-order valence-corrected chi connectivity index (χ3v) is 4.40. The molecule has 0 unspecified atom stereocenters. The number of nitrogens with zero attached hydrogens (tertiary/aromatic N) is 1. The number of amides is 1. The number of aromatic amines is 1. The van der Waals surface area contributed by atoms with Crippen molar-refractivity contribution in [2.75, 3.05) is 11.1 Å². The standard InChI is InChI=1S/C15H15FN4O4S/c1-2-9(14(23)24)25-15-19-11(17)10(13(22)20-15)18-12(21)7-5-3-4-6-8(7)16/h3-6,9H,2H2,1H3,(H,18,21)(H,23,24)(H3,17,19,20,22)/p-1/t9-/m1/s1. The Kier molecular flexibility index (Phi) is 5.75. The van der Waals surface area contributed by atoms with Crippen molar-refractivity contribution in [2.24, 2.45) is 0 Å². The monoisotopic (exact) mass is 365 g/mol. The average molecular weight is 365 g/mol. The van der Waals surface area contributed by atoms with E-state index < -0.39 is 28.5 Å². The average Bonchev–Trinajstić information content (AvgIpc) is 2.56. The summed E-state index contributed by atoms with van der Waals surface area (Å²) >= 11 is 0.770. The van der Waals surface area contributed by atoms with E-state index in [-0.39, 0.29) is 28.6 Å². The van der Waals surface area contributed by atoms with Crippen molar-refractivity contribution in [3.63, 3.8) is 0 Å². The first kappa shape index (κ1) is 18.5. The molecule has 0 saturated carbocycles. The highest BCUT2D eigenvalue weighted by atomic mass is 32.2. The fourth-order valence-electron chi connectivity index (χ4n) is 1.90. The van der Waals surface area contributed by atoms with Gasteiger partial charge in [-0.3, -0.25) is 14.6 Å². The van der Waals surface area contributed by atoms with Gasteiger partial charge in [0.15, 0.2) is 11.0 Å². The van der Waals surface area contributed by atoms with Crippen LogP contribution in [-0.2, 0) is 4.79 Å². The van der Waals surface area contributed by atoms with Crippen molar-refractivity contribution in [3.8, 4) is 0 Å². The second-order valence-electron chi connectivity index (χ2n) is 4.90. The molecule has 25 heavy (non-hydrogen) atoms. The number of benzene rings is 1. The number of aliphatic carboxylic acids is 1. The van der Waals surface area contributed by atoms with Crippen LogP contribution >= 0.6 is 11.8 Å². The minimum atomic E-state index is -1.30. The van der Waals surface area contributed by atoms with Gasteiger partial charge in [0.1, 0.15) is 11.5 Å². The van der Waals surface area contributed by atoms with E-state index in [0.717, 1.165) is 17.8 Å². The lowest BCUT2D eigenvalue weighted by atomic mass is 10.2. The largest absolute Gasteiger partial charge is 0.549 e. The van der Waals surface area contributed by atoms with E-state index >= 15 is 0 Å². The van der Waals surface area contributed by atoms with E-state index in [0.29, 0.717) is 0 Å². The van der Waals surface area contributed by atoms with Gasteiger partial charge in [0.25, 0.3) is 11.5 Å². The van der Waals surface area contributed by atoms with E-state index in [4.69, 9.17) is 5.73 Å². The van der Waals surface area contributed by atoms with Gasteiger partial charge in [0.2, 0.25) is 0 Å². The summed E-state index contributed by atoms with van der Waals surface area (Å²) in [6.45, 7) is 1.64. The van der Waals surface area contributed by atoms with Gasteiger partial charge >= 0.3 is 0 Å². The van der Waals surface area contributed by atoms with Crippen molar-refractivity contribution < 1.29 is 19.1 Å². The predicted molar refractivity (Wildman–Crippen MR) is 88.6 cm³/mol. The minimum Gasteiger partial charge on any atom is -0.549 e. The van der Waals surface area contributed by atoms with Crippen LogP contribution in [0.15, 0.2) is 34.2 Å². The maximum Gasteiger partial charge on any atom is 0.277 e. The molecule has 132 valence electrons. The number of halogens is 1. The number of nitrogens with two attached hydrogens (primary N) is 1. The highest BCUT2D eigenvalue weighted by Gasteiger charge is 2.18. The van der Waals surface area contributed by atoms with Crippen LogP contribution in [0, 0.1) is 5.82 Å². The number of carbonyl (C=O) groups excluding carboxylic acids is 2. The number of anilines is 2. The van der Waals surface area contributed by atoms with E-state index in [1.165, 1.54) is 18.2 Å². The Morgan fingerprint density at radius 1 is 1.44 bits per heavy atom. The third kappa shape index (κ3) is 4.35. The molecule has 8 nitrogen and oxygen atoms in total. The molecule has 0 spiro atoms. The summed E-state index contributed by atoms with van der Waals surface area (Å²) in [7, 11) is 0. The van der Waals surface area contributed by atoms with Gasteiger partial charge in [-0.05, 0) is 18.6 Å². The van der Waals surface area contributed by atoms with Gasteiger partial charge in [-0.1, -0.05) is 30.8 Å². The number of H-pyrrole nitrogens is 1. The fourth-order valence-corrected chi connectivity index (χ4v) is 2.74. The van der Waals surface area contributed by atoms with Crippen LogP contribution in [-0.4, -0.2) is 27.1 Å². The molecule has 0 fully saturated rings. The molecule has 1 atom stereocenters. The number of carboxylic acids is 1. The Bertz CT molecular complexity index is 871. The number of carbonyl (C=O) groups is 2. The van der Waals surface area contributed by atoms with E-state index in [2.05, 4.69) is 15.3 Å². The Morgan fingerprint density at radius 3 is 2.68 bits per heavy atom. The first-order valence-corrected chi connectivity index (χ1v) is 8.04. The summed E-state index contributed by atoms with van der Waals surface area (Å²) < 4.78 is 13.6. The fraction of sp³-hybridized carbons (Fsp3) is 0.200. The summed E-state index contributed by atoms with van der Waals surface area (Å²) in [4.78, 5) is 41.3. The summed E-state index contributed by atoms with van der Waals surface area (Å²) in [5.41, 5.74) is 4.27. The lowest BCUT2D eigenvalue weighted by Gasteiger charge is -2.15. The lowest BCUT2D eigenvalue weighted by Crippen LogP contribution is -2.33. The van der Waals surface area contributed by atoms with E-state index in [9.17, 15) is 23.9 Å². The van der Waals surface area contributed by atoms with Crippen LogP contribution in [0.4, 0.5) is 15.9 Å².